The van der Waals surface area contributed by atoms with Crippen molar-refractivity contribution >= 4 is 28.9 Å². The average molecular weight is 309 g/mol. The molecule has 1 N–H and O–H groups in total. The second-order valence-electron chi connectivity index (χ2n) is 4.89. The van der Waals surface area contributed by atoms with Crippen LogP contribution in [-0.2, 0) is 0 Å². The lowest BCUT2D eigenvalue weighted by Gasteiger charge is -2.20. The fourth-order valence-electron chi connectivity index (χ4n) is 2.15. The summed E-state index contributed by atoms with van der Waals surface area (Å²) in [7, 11) is 0. The van der Waals surface area contributed by atoms with Crippen LogP contribution in [0.4, 0.5) is 5.69 Å². The molecule has 2 rings (SSSR count). The van der Waals surface area contributed by atoms with Crippen molar-refractivity contribution < 1.29 is 0 Å². The number of hydrogen-bond acceptors (Lipinski definition) is 2. The molecule has 2 nitrogen and oxygen atoms in total. The van der Waals surface area contributed by atoms with Crippen molar-refractivity contribution in [2.24, 2.45) is 0 Å². The Balaban J connectivity index is 2.25. The van der Waals surface area contributed by atoms with Gasteiger partial charge in [-0.1, -0.05) is 48.7 Å². The molecule has 0 aliphatic rings. The second kappa shape index (κ2) is 6.96. The summed E-state index contributed by atoms with van der Waals surface area (Å²) in [6, 6.07) is 10.2. The first-order chi connectivity index (χ1) is 9.60. The van der Waals surface area contributed by atoms with Gasteiger partial charge in [0.1, 0.15) is 0 Å². The van der Waals surface area contributed by atoms with Crippen molar-refractivity contribution in [1.82, 2.24) is 4.98 Å². The number of pyridine rings is 1. The molecule has 0 fully saturated rings. The molecule has 4 heteroatoms. The summed E-state index contributed by atoms with van der Waals surface area (Å²) in [6.07, 6.45) is 3.87. The van der Waals surface area contributed by atoms with Gasteiger partial charge in [-0.2, -0.15) is 0 Å². The van der Waals surface area contributed by atoms with Crippen LogP contribution in [0.1, 0.15) is 36.9 Å². The van der Waals surface area contributed by atoms with Gasteiger partial charge in [-0.3, -0.25) is 0 Å². The molecule has 1 atom stereocenters. The molecule has 1 aromatic carbocycles. The van der Waals surface area contributed by atoms with Gasteiger partial charge in [-0.25, -0.2) is 4.98 Å². The molecule has 0 radical (unpaired) electrons. The van der Waals surface area contributed by atoms with Crippen LogP contribution in [0.15, 0.2) is 36.5 Å². The van der Waals surface area contributed by atoms with Crippen LogP contribution < -0.4 is 5.32 Å². The van der Waals surface area contributed by atoms with Crippen LogP contribution in [0.2, 0.25) is 10.2 Å². The Hall–Kier alpha value is -1.25. The van der Waals surface area contributed by atoms with Crippen LogP contribution in [0, 0.1) is 6.92 Å². The molecule has 0 saturated carbocycles. The van der Waals surface area contributed by atoms with Crippen LogP contribution in [-0.4, -0.2) is 4.98 Å². The Morgan fingerprint density at radius 2 is 1.90 bits per heavy atom. The summed E-state index contributed by atoms with van der Waals surface area (Å²) in [5.41, 5.74) is 3.16. The zero-order chi connectivity index (χ0) is 14.5. The van der Waals surface area contributed by atoms with E-state index in [0.29, 0.717) is 5.15 Å². The molecule has 1 unspecified atom stereocenters. The quantitative estimate of drug-likeness (QED) is 0.722. The van der Waals surface area contributed by atoms with E-state index in [-0.39, 0.29) is 6.04 Å². The van der Waals surface area contributed by atoms with Gasteiger partial charge in [0.25, 0.3) is 0 Å². The van der Waals surface area contributed by atoms with Crippen LogP contribution in [0.5, 0.6) is 0 Å². The highest BCUT2D eigenvalue weighted by Crippen LogP contribution is 2.28. The molecule has 2 aromatic rings. The van der Waals surface area contributed by atoms with E-state index in [0.717, 1.165) is 29.1 Å². The smallest absolute Gasteiger partial charge is 0.152 e. The topological polar surface area (TPSA) is 24.9 Å². The molecule has 20 heavy (non-hydrogen) atoms. The minimum absolute atomic E-state index is 0.207. The van der Waals surface area contributed by atoms with Gasteiger partial charge in [0.15, 0.2) is 5.15 Å². The number of aromatic nitrogens is 1. The van der Waals surface area contributed by atoms with E-state index in [1.54, 1.807) is 6.20 Å². The fourth-order valence-corrected chi connectivity index (χ4v) is 2.43. The van der Waals surface area contributed by atoms with Gasteiger partial charge in [0, 0.05) is 11.2 Å². The van der Waals surface area contributed by atoms with Crippen molar-refractivity contribution in [1.29, 1.82) is 0 Å². The van der Waals surface area contributed by atoms with E-state index in [2.05, 4.69) is 17.2 Å². The molecule has 0 aliphatic carbocycles. The highest BCUT2D eigenvalue weighted by Gasteiger charge is 2.12. The van der Waals surface area contributed by atoms with E-state index < -0.39 is 0 Å². The fraction of sp³-hybridized carbons (Fsp3) is 0.312. The predicted molar refractivity (Wildman–Crippen MR) is 86.7 cm³/mol. The maximum atomic E-state index is 6.16. The number of aryl methyl sites for hydroxylation is 1. The van der Waals surface area contributed by atoms with E-state index in [4.69, 9.17) is 23.2 Å². The van der Waals surface area contributed by atoms with Gasteiger partial charge in [-0.15, -0.1) is 0 Å². The third-order valence-electron chi connectivity index (χ3n) is 3.16. The lowest BCUT2D eigenvalue weighted by atomic mass is 10.0. The molecule has 106 valence electrons. The first-order valence-corrected chi connectivity index (χ1v) is 7.50. The van der Waals surface area contributed by atoms with E-state index >= 15 is 0 Å². The maximum Gasteiger partial charge on any atom is 0.152 e. The first kappa shape index (κ1) is 15.1. The molecule has 0 amide bonds. The Morgan fingerprint density at radius 1 is 1.20 bits per heavy atom. The number of halogens is 2. The third-order valence-corrected chi connectivity index (χ3v) is 3.71. The summed E-state index contributed by atoms with van der Waals surface area (Å²) in [6.45, 7) is 4.17. The Morgan fingerprint density at radius 3 is 2.55 bits per heavy atom. The molecular weight excluding hydrogens is 291 g/mol. The third kappa shape index (κ3) is 3.87. The SMILES string of the molecule is CCCC(Nc1cc(C)cnc1Cl)c1ccc(Cl)cc1. The van der Waals surface area contributed by atoms with Crippen molar-refractivity contribution in [2.45, 2.75) is 32.7 Å². The van der Waals surface area contributed by atoms with Crippen molar-refractivity contribution in [2.75, 3.05) is 5.32 Å². The number of rotatable bonds is 5. The summed E-state index contributed by atoms with van der Waals surface area (Å²) >= 11 is 12.1. The zero-order valence-electron chi connectivity index (χ0n) is 11.7. The van der Waals surface area contributed by atoms with Gasteiger partial charge in [0.05, 0.1) is 11.7 Å². The van der Waals surface area contributed by atoms with Crippen LogP contribution >= 0.6 is 23.2 Å². The second-order valence-corrected chi connectivity index (χ2v) is 5.68. The van der Waals surface area contributed by atoms with Gasteiger partial charge in [0.2, 0.25) is 0 Å². The summed E-state index contributed by atoms with van der Waals surface area (Å²) in [5.74, 6) is 0. The Kier molecular flexibility index (Phi) is 5.27. The Labute approximate surface area is 130 Å². The molecule has 0 spiro atoms. The molecule has 0 saturated heterocycles. The average Bonchev–Trinajstić information content (AvgIpc) is 2.43. The number of nitrogens with zero attached hydrogens (tertiary/aromatic N) is 1. The number of nitrogens with one attached hydrogen (secondary N) is 1. The van der Waals surface area contributed by atoms with Crippen molar-refractivity contribution in [3.05, 3.63) is 57.8 Å². The minimum atomic E-state index is 0.207. The highest BCUT2D eigenvalue weighted by molar-refractivity contribution is 6.32. The molecule has 0 bridgehead atoms. The van der Waals surface area contributed by atoms with E-state index in [9.17, 15) is 0 Å². The molecule has 1 heterocycles. The van der Waals surface area contributed by atoms with Gasteiger partial charge < -0.3 is 5.32 Å². The lowest BCUT2D eigenvalue weighted by Crippen LogP contribution is -2.11. The van der Waals surface area contributed by atoms with E-state index in [1.165, 1.54) is 5.56 Å². The number of benzene rings is 1. The van der Waals surface area contributed by atoms with Crippen molar-refractivity contribution in [3.63, 3.8) is 0 Å². The summed E-state index contributed by atoms with van der Waals surface area (Å²) < 4.78 is 0. The summed E-state index contributed by atoms with van der Waals surface area (Å²) in [4.78, 5) is 4.18. The van der Waals surface area contributed by atoms with Gasteiger partial charge in [-0.05, 0) is 42.7 Å². The number of anilines is 1. The standard InChI is InChI=1S/C16H18Cl2N2/c1-3-4-14(12-5-7-13(17)8-6-12)20-15-9-11(2)10-19-16(15)18/h5-10,14,20H,3-4H2,1-2H3. The Bertz CT molecular complexity index is 567. The summed E-state index contributed by atoms with van der Waals surface area (Å²) in [5, 5.41) is 4.74. The minimum Gasteiger partial charge on any atom is -0.376 e. The monoisotopic (exact) mass is 308 g/mol. The van der Waals surface area contributed by atoms with Crippen molar-refractivity contribution in [3.8, 4) is 0 Å². The number of hydrogen-bond donors (Lipinski definition) is 1. The molecule has 1 aromatic heterocycles. The lowest BCUT2D eigenvalue weighted by molar-refractivity contribution is 0.677. The predicted octanol–water partition coefficient (Wildman–Crippen LogP) is 5.65. The normalized spacial score (nSPS) is 12.2. The highest BCUT2D eigenvalue weighted by atomic mass is 35.5. The molecular formula is C16H18Cl2N2. The zero-order valence-corrected chi connectivity index (χ0v) is 13.2. The first-order valence-electron chi connectivity index (χ1n) is 6.74. The maximum absolute atomic E-state index is 6.16. The largest absolute Gasteiger partial charge is 0.376 e. The van der Waals surface area contributed by atoms with Crippen LogP contribution in [0.3, 0.4) is 0 Å². The molecule has 0 aliphatic heterocycles. The van der Waals surface area contributed by atoms with E-state index in [1.807, 2.05) is 37.3 Å². The van der Waals surface area contributed by atoms with Crippen LogP contribution in [0.25, 0.3) is 0 Å². The van der Waals surface area contributed by atoms with Gasteiger partial charge >= 0.3 is 0 Å².